The average Bonchev–Trinajstić information content (AvgIpc) is 3.07. The Morgan fingerprint density at radius 3 is 2.72 bits per heavy atom. The molecule has 25 heavy (non-hydrogen) atoms. The highest BCUT2D eigenvalue weighted by Crippen LogP contribution is 2.31. The molecule has 7 nitrogen and oxygen atoms in total. The fourth-order valence-corrected chi connectivity index (χ4v) is 3.26. The van der Waals surface area contributed by atoms with Gasteiger partial charge in [-0.15, -0.1) is 0 Å². The molecule has 1 saturated heterocycles. The SMILES string of the molecule is Cc1nc([C@H]2CCCCN2C(=O)c2cc3nccnc3cc2F)n[nH]1. The Morgan fingerprint density at radius 1 is 1.24 bits per heavy atom. The van der Waals surface area contributed by atoms with Crippen LogP contribution in [0.5, 0.6) is 0 Å². The van der Waals surface area contributed by atoms with E-state index in [2.05, 4.69) is 25.1 Å². The van der Waals surface area contributed by atoms with Crippen LogP contribution in [0.3, 0.4) is 0 Å². The molecule has 2 aromatic heterocycles. The van der Waals surface area contributed by atoms with Crippen LogP contribution in [-0.2, 0) is 0 Å². The van der Waals surface area contributed by atoms with Crippen molar-refractivity contribution >= 4 is 16.9 Å². The van der Waals surface area contributed by atoms with Gasteiger partial charge in [-0.05, 0) is 32.3 Å². The van der Waals surface area contributed by atoms with E-state index < -0.39 is 5.82 Å². The van der Waals surface area contributed by atoms with Gasteiger partial charge in [0.25, 0.3) is 5.91 Å². The molecular formula is C17H17FN6O. The van der Waals surface area contributed by atoms with E-state index in [4.69, 9.17) is 0 Å². The maximum atomic E-state index is 14.5. The molecule has 1 N–H and O–H groups in total. The first-order valence-electron chi connectivity index (χ1n) is 8.23. The van der Waals surface area contributed by atoms with Gasteiger partial charge in [0.1, 0.15) is 11.6 Å². The number of aryl methyl sites for hydroxylation is 1. The van der Waals surface area contributed by atoms with Gasteiger partial charge in [0, 0.05) is 25.0 Å². The number of fused-ring (bicyclic) bond motifs is 1. The van der Waals surface area contributed by atoms with Gasteiger partial charge in [-0.2, -0.15) is 5.10 Å². The molecule has 1 amide bonds. The second-order valence-electron chi connectivity index (χ2n) is 6.17. The van der Waals surface area contributed by atoms with Gasteiger partial charge in [0.05, 0.1) is 22.6 Å². The summed E-state index contributed by atoms with van der Waals surface area (Å²) in [5.41, 5.74) is 0.929. The topological polar surface area (TPSA) is 87.7 Å². The summed E-state index contributed by atoms with van der Waals surface area (Å²) in [5, 5.41) is 7.00. The zero-order valence-electron chi connectivity index (χ0n) is 13.7. The first-order valence-corrected chi connectivity index (χ1v) is 8.23. The Hall–Kier alpha value is -2.90. The number of hydrogen-bond acceptors (Lipinski definition) is 5. The number of halogens is 1. The molecule has 128 valence electrons. The van der Waals surface area contributed by atoms with Crippen molar-refractivity contribution in [2.45, 2.75) is 32.2 Å². The van der Waals surface area contributed by atoms with Crippen LogP contribution in [0.15, 0.2) is 24.5 Å². The molecule has 3 aromatic rings. The molecule has 1 fully saturated rings. The molecule has 0 unspecified atom stereocenters. The van der Waals surface area contributed by atoms with Crippen LogP contribution in [0.1, 0.15) is 47.3 Å². The van der Waals surface area contributed by atoms with Crippen molar-refractivity contribution in [1.29, 1.82) is 0 Å². The second-order valence-corrected chi connectivity index (χ2v) is 6.17. The maximum Gasteiger partial charge on any atom is 0.257 e. The van der Waals surface area contributed by atoms with Crippen LogP contribution < -0.4 is 0 Å². The largest absolute Gasteiger partial charge is 0.328 e. The molecule has 1 aromatic carbocycles. The van der Waals surface area contributed by atoms with Crippen molar-refractivity contribution in [3.05, 3.63) is 47.6 Å². The minimum absolute atomic E-state index is 0.00663. The second kappa shape index (κ2) is 6.19. The predicted octanol–water partition coefficient (Wildman–Crippen LogP) is 2.56. The van der Waals surface area contributed by atoms with Gasteiger partial charge < -0.3 is 4.90 Å². The molecule has 1 atom stereocenters. The van der Waals surface area contributed by atoms with E-state index in [-0.39, 0.29) is 17.5 Å². The summed E-state index contributed by atoms with van der Waals surface area (Å²) in [6, 6.07) is 2.48. The number of benzene rings is 1. The van der Waals surface area contributed by atoms with Crippen molar-refractivity contribution in [2.24, 2.45) is 0 Å². The molecule has 0 saturated carbocycles. The van der Waals surface area contributed by atoms with Gasteiger partial charge >= 0.3 is 0 Å². The third kappa shape index (κ3) is 2.84. The first-order chi connectivity index (χ1) is 12.1. The monoisotopic (exact) mass is 340 g/mol. The van der Waals surface area contributed by atoms with Crippen molar-refractivity contribution in [3.8, 4) is 0 Å². The lowest BCUT2D eigenvalue weighted by Crippen LogP contribution is -2.39. The average molecular weight is 340 g/mol. The van der Waals surface area contributed by atoms with Gasteiger partial charge in [-0.3, -0.25) is 19.9 Å². The van der Waals surface area contributed by atoms with E-state index in [1.807, 2.05) is 6.92 Å². The van der Waals surface area contributed by atoms with Crippen LogP contribution in [-0.4, -0.2) is 42.5 Å². The van der Waals surface area contributed by atoms with Crippen molar-refractivity contribution < 1.29 is 9.18 Å². The molecule has 0 aliphatic carbocycles. The summed E-state index contributed by atoms with van der Waals surface area (Å²) >= 11 is 0. The Balaban J connectivity index is 1.72. The van der Waals surface area contributed by atoms with E-state index in [9.17, 15) is 9.18 Å². The Morgan fingerprint density at radius 2 is 2.00 bits per heavy atom. The van der Waals surface area contributed by atoms with Crippen LogP contribution in [0.25, 0.3) is 11.0 Å². The van der Waals surface area contributed by atoms with Crippen LogP contribution >= 0.6 is 0 Å². The van der Waals surface area contributed by atoms with E-state index in [1.54, 1.807) is 4.90 Å². The van der Waals surface area contributed by atoms with Crippen LogP contribution in [0.2, 0.25) is 0 Å². The lowest BCUT2D eigenvalue weighted by atomic mass is 10.00. The molecule has 0 radical (unpaired) electrons. The van der Waals surface area contributed by atoms with Crippen molar-refractivity contribution in [1.82, 2.24) is 30.0 Å². The smallest absolute Gasteiger partial charge is 0.257 e. The minimum Gasteiger partial charge on any atom is -0.328 e. The van der Waals surface area contributed by atoms with E-state index in [1.165, 1.54) is 24.5 Å². The number of nitrogens with zero attached hydrogens (tertiary/aromatic N) is 5. The van der Waals surface area contributed by atoms with Gasteiger partial charge in [0.2, 0.25) is 0 Å². The summed E-state index contributed by atoms with van der Waals surface area (Å²) in [6.45, 7) is 2.36. The fraction of sp³-hybridized carbons (Fsp3) is 0.353. The van der Waals surface area contributed by atoms with Gasteiger partial charge in [-0.25, -0.2) is 9.37 Å². The number of H-pyrrole nitrogens is 1. The summed E-state index contributed by atoms with van der Waals surface area (Å²) in [6.07, 6.45) is 5.64. The lowest BCUT2D eigenvalue weighted by molar-refractivity contribution is 0.0595. The highest BCUT2D eigenvalue weighted by Gasteiger charge is 2.32. The summed E-state index contributed by atoms with van der Waals surface area (Å²) < 4.78 is 14.5. The number of carbonyl (C=O) groups excluding carboxylic acids is 1. The van der Waals surface area contributed by atoms with Crippen molar-refractivity contribution in [2.75, 3.05) is 6.54 Å². The molecule has 8 heteroatoms. The molecule has 4 rings (SSSR count). The summed E-state index contributed by atoms with van der Waals surface area (Å²) in [5.74, 6) is 0.317. The normalized spacial score (nSPS) is 17.8. The quantitative estimate of drug-likeness (QED) is 0.774. The highest BCUT2D eigenvalue weighted by atomic mass is 19.1. The number of amides is 1. The zero-order chi connectivity index (χ0) is 17.4. The number of likely N-dealkylation sites (tertiary alicyclic amines) is 1. The van der Waals surface area contributed by atoms with Gasteiger partial charge in [-0.1, -0.05) is 0 Å². The van der Waals surface area contributed by atoms with E-state index in [0.717, 1.165) is 19.3 Å². The van der Waals surface area contributed by atoms with Gasteiger partial charge in [0.15, 0.2) is 5.82 Å². The zero-order valence-corrected chi connectivity index (χ0v) is 13.7. The standard InChI is InChI=1S/C17H17FN6O/c1-10-21-16(23-22-10)15-4-2-3-7-24(15)17(25)11-8-13-14(9-12(11)18)20-6-5-19-13/h5-6,8-9,15H,2-4,7H2,1H3,(H,21,22,23)/t15-/m1/s1. The molecule has 0 spiro atoms. The number of hydrogen-bond donors (Lipinski definition) is 1. The molecule has 1 aliphatic heterocycles. The number of aromatic nitrogens is 5. The number of carbonyl (C=O) groups is 1. The minimum atomic E-state index is -0.589. The molecular weight excluding hydrogens is 323 g/mol. The van der Waals surface area contributed by atoms with Crippen molar-refractivity contribution in [3.63, 3.8) is 0 Å². The summed E-state index contributed by atoms with van der Waals surface area (Å²) in [7, 11) is 0. The first kappa shape index (κ1) is 15.6. The van der Waals surface area contributed by atoms with Crippen LogP contribution in [0, 0.1) is 12.7 Å². The number of rotatable bonds is 2. The number of aromatic amines is 1. The molecule has 1 aliphatic rings. The maximum absolute atomic E-state index is 14.5. The number of piperidine rings is 1. The fourth-order valence-electron chi connectivity index (χ4n) is 3.26. The lowest BCUT2D eigenvalue weighted by Gasteiger charge is -2.34. The van der Waals surface area contributed by atoms with Crippen LogP contribution in [0.4, 0.5) is 4.39 Å². The Kier molecular flexibility index (Phi) is 3.87. The number of nitrogens with one attached hydrogen (secondary N) is 1. The predicted molar refractivity (Wildman–Crippen MR) is 88.2 cm³/mol. The Bertz CT molecular complexity index is 940. The van der Waals surface area contributed by atoms with E-state index >= 15 is 0 Å². The third-order valence-electron chi connectivity index (χ3n) is 4.46. The molecule has 0 bridgehead atoms. The molecule has 3 heterocycles. The highest BCUT2D eigenvalue weighted by molar-refractivity contribution is 5.97. The Labute approximate surface area is 143 Å². The third-order valence-corrected chi connectivity index (χ3v) is 4.46. The summed E-state index contributed by atoms with van der Waals surface area (Å²) in [4.78, 5) is 27.3. The van der Waals surface area contributed by atoms with E-state index in [0.29, 0.717) is 29.2 Å².